The van der Waals surface area contributed by atoms with E-state index < -0.39 is 17.6 Å². The molecule has 0 aliphatic heterocycles. The molecule has 0 heterocycles. The lowest BCUT2D eigenvalue weighted by molar-refractivity contribution is 0.0785. The minimum atomic E-state index is -2.83. The second-order valence-electron chi connectivity index (χ2n) is 6.12. The third-order valence-corrected chi connectivity index (χ3v) is 10.3. The molecule has 0 bridgehead atoms. The number of hydrogen-bond acceptors (Lipinski definition) is 6. The number of allylic oxidation sites excluding steroid dienone is 2. The first-order valence-electron chi connectivity index (χ1n) is 10.6. The maximum Gasteiger partial charge on any atom is 0.532 e. The Labute approximate surface area is 174 Å². The molecule has 0 rings (SSSR count). The quantitative estimate of drug-likeness (QED) is 0.214. The van der Waals surface area contributed by atoms with Gasteiger partial charge in [-0.1, -0.05) is 13.2 Å². The van der Waals surface area contributed by atoms with Gasteiger partial charge in [0.1, 0.15) is 0 Å². The molecule has 0 saturated carbocycles. The van der Waals surface area contributed by atoms with Crippen molar-refractivity contribution in [3.8, 4) is 0 Å². The third kappa shape index (κ3) is 8.58. The molecule has 0 aromatic carbocycles. The number of rotatable bonds is 19. The van der Waals surface area contributed by atoms with Crippen LogP contribution < -0.4 is 0 Å². The van der Waals surface area contributed by atoms with Crippen molar-refractivity contribution in [2.75, 3.05) is 39.6 Å². The highest BCUT2D eigenvalue weighted by Crippen LogP contribution is 2.27. The van der Waals surface area contributed by atoms with E-state index in [1.54, 1.807) is 0 Å². The molecule has 8 heteroatoms. The molecule has 0 N–H and O–H groups in total. The predicted molar refractivity (Wildman–Crippen MR) is 118 cm³/mol. The van der Waals surface area contributed by atoms with Crippen LogP contribution in [0.1, 0.15) is 67.2 Å². The van der Waals surface area contributed by atoms with Crippen molar-refractivity contribution in [1.29, 1.82) is 0 Å². The summed E-state index contributed by atoms with van der Waals surface area (Å²) in [6, 6.07) is 0. The van der Waals surface area contributed by atoms with Gasteiger partial charge in [0.2, 0.25) is 0 Å². The van der Waals surface area contributed by atoms with Crippen molar-refractivity contribution in [3.63, 3.8) is 0 Å². The normalized spacial score (nSPS) is 12.4. The molecule has 0 radical (unpaired) electrons. The average molecular weight is 435 g/mol. The van der Waals surface area contributed by atoms with E-state index in [2.05, 4.69) is 13.2 Å². The minimum absolute atomic E-state index is 0.549. The fraction of sp³-hybridized carbons (Fsp3) is 0.800. The predicted octanol–water partition coefficient (Wildman–Crippen LogP) is 4.83. The number of unbranched alkanes of at least 4 members (excludes halogenated alkanes) is 1. The Morgan fingerprint density at radius 2 is 0.714 bits per heavy atom. The summed E-state index contributed by atoms with van der Waals surface area (Å²) < 4.78 is 35.5. The van der Waals surface area contributed by atoms with Crippen LogP contribution in [0.3, 0.4) is 0 Å². The van der Waals surface area contributed by atoms with Crippen LogP contribution in [0.15, 0.2) is 23.6 Å². The Kier molecular flexibility index (Phi) is 15.3. The molecule has 6 nitrogen and oxygen atoms in total. The van der Waals surface area contributed by atoms with E-state index in [4.69, 9.17) is 26.6 Å². The summed E-state index contributed by atoms with van der Waals surface area (Å²) in [5, 5.41) is 1.87. The zero-order valence-corrected chi connectivity index (χ0v) is 20.9. The van der Waals surface area contributed by atoms with E-state index >= 15 is 0 Å². The fourth-order valence-electron chi connectivity index (χ4n) is 2.99. The molecular formula is C20H42O6Si2. The average Bonchev–Trinajstić information content (AvgIpc) is 2.65. The summed E-state index contributed by atoms with van der Waals surface area (Å²) in [5.74, 6) is 0. The van der Waals surface area contributed by atoms with Gasteiger partial charge in [0.25, 0.3) is 0 Å². The Morgan fingerprint density at radius 3 is 0.893 bits per heavy atom. The SMILES string of the molecule is C=C(CCCCC(=C)[Si](OCC)(OCC)OCC)[Si](OCC)(OCC)OCC. The van der Waals surface area contributed by atoms with Gasteiger partial charge in [-0.05, 0) is 77.6 Å². The second kappa shape index (κ2) is 15.5. The Bertz CT molecular complexity index is 370. The van der Waals surface area contributed by atoms with Gasteiger partial charge in [-0.25, -0.2) is 0 Å². The van der Waals surface area contributed by atoms with E-state index in [-0.39, 0.29) is 0 Å². The molecule has 0 aromatic rings. The molecule has 0 aromatic heterocycles. The molecule has 0 aliphatic carbocycles. The van der Waals surface area contributed by atoms with Crippen LogP contribution in [0.5, 0.6) is 0 Å². The summed E-state index contributed by atoms with van der Waals surface area (Å²) in [6.07, 6.45) is 3.47. The van der Waals surface area contributed by atoms with E-state index in [1.807, 2.05) is 41.5 Å². The molecule has 166 valence electrons. The molecule has 0 aliphatic rings. The lowest BCUT2D eigenvalue weighted by Gasteiger charge is -2.31. The van der Waals surface area contributed by atoms with Gasteiger partial charge in [0.15, 0.2) is 0 Å². The van der Waals surface area contributed by atoms with Crippen LogP contribution in [0.4, 0.5) is 0 Å². The van der Waals surface area contributed by atoms with Gasteiger partial charge in [-0.2, -0.15) is 0 Å². The fourth-order valence-corrected chi connectivity index (χ4v) is 7.96. The molecular weight excluding hydrogens is 392 g/mol. The third-order valence-electron chi connectivity index (χ3n) is 4.08. The maximum atomic E-state index is 5.92. The molecule has 28 heavy (non-hydrogen) atoms. The Balaban J connectivity index is 4.83. The lowest BCUT2D eigenvalue weighted by Crippen LogP contribution is -2.48. The van der Waals surface area contributed by atoms with Crippen LogP contribution in [-0.2, 0) is 26.6 Å². The van der Waals surface area contributed by atoms with Crippen molar-refractivity contribution in [2.24, 2.45) is 0 Å². The molecule has 0 spiro atoms. The topological polar surface area (TPSA) is 55.4 Å². The Hall–Kier alpha value is -0.326. The van der Waals surface area contributed by atoms with Gasteiger partial charge in [0, 0.05) is 39.6 Å². The first-order chi connectivity index (χ1) is 13.4. The van der Waals surface area contributed by atoms with Crippen molar-refractivity contribution >= 4 is 17.6 Å². The van der Waals surface area contributed by atoms with Crippen molar-refractivity contribution in [3.05, 3.63) is 23.6 Å². The van der Waals surface area contributed by atoms with Gasteiger partial charge < -0.3 is 26.6 Å². The summed E-state index contributed by atoms with van der Waals surface area (Å²) >= 11 is 0. The van der Waals surface area contributed by atoms with Crippen molar-refractivity contribution < 1.29 is 26.6 Å². The highest BCUT2D eigenvalue weighted by atomic mass is 28.4. The summed E-state index contributed by atoms with van der Waals surface area (Å²) in [7, 11) is -5.67. The van der Waals surface area contributed by atoms with Crippen molar-refractivity contribution in [2.45, 2.75) is 67.2 Å². The zero-order valence-electron chi connectivity index (χ0n) is 18.9. The van der Waals surface area contributed by atoms with Gasteiger partial charge >= 0.3 is 17.6 Å². The molecule has 0 atom stereocenters. The van der Waals surface area contributed by atoms with Crippen LogP contribution in [0.25, 0.3) is 0 Å². The summed E-state index contributed by atoms with van der Waals surface area (Å²) in [6.45, 7) is 23.5. The van der Waals surface area contributed by atoms with Crippen LogP contribution in [0.2, 0.25) is 0 Å². The first-order valence-corrected chi connectivity index (χ1v) is 14.1. The second-order valence-corrected chi connectivity index (χ2v) is 11.5. The summed E-state index contributed by atoms with van der Waals surface area (Å²) in [5.41, 5.74) is 0. The van der Waals surface area contributed by atoms with E-state index in [1.165, 1.54) is 0 Å². The van der Waals surface area contributed by atoms with Gasteiger partial charge in [-0.15, -0.1) is 0 Å². The molecule has 0 amide bonds. The van der Waals surface area contributed by atoms with Crippen molar-refractivity contribution in [1.82, 2.24) is 0 Å². The zero-order chi connectivity index (χ0) is 21.5. The first kappa shape index (κ1) is 27.7. The Morgan fingerprint density at radius 1 is 0.500 bits per heavy atom. The monoisotopic (exact) mass is 434 g/mol. The standard InChI is InChI=1S/C20H42O6Si2/c1-9-21-27(22-10-2,23-11-3)19(7)17-15-16-18-20(8)28(24-12-4,25-13-5)26-14-6/h7-18H2,1-6H3. The molecule has 0 saturated heterocycles. The van der Waals surface area contributed by atoms with E-state index in [0.29, 0.717) is 39.6 Å². The summed E-state index contributed by atoms with van der Waals surface area (Å²) in [4.78, 5) is 0. The van der Waals surface area contributed by atoms with Crippen LogP contribution >= 0.6 is 0 Å². The van der Waals surface area contributed by atoms with Gasteiger partial charge in [-0.3, -0.25) is 0 Å². The van der Waals surface area contributed by atoms with Crippen LogP contribution in [0, 0.1) is 0 Å². The highest BCUT2D eigenvalue weighted by Gasteiger charge is 2.45. The number of hydrogen-bond donors (Lipinski definition) is 0. The van der Waals surface area contributed by atoms with E-state index in [0.717, 1.165) is 36.1 Å². The largest absolute Gasteiger partial charge is 0.532 e. The smallest absolute Gasteiger partial charge is 0.371 e. The molecule has 0 unspecified atom stereocenters. The maximum absolute atomic E-state index is 5.92. The van der Waals surface area contributed by atoms with Crippen LogP contribution in [-0.4, -0.2) is 57.3 Å². The molecule has 0 fully saturated rings. The van der Waals surface area contributed by atoms with E-state index in [9.17, 15) is 0 Å². The lowest BCUT2D eigenvalue weighted by atomic mass is 10.2. The minimum Gasteiger partial charge on any atom is -0.371 e. The highest BCUT2D eigenvalue weighted by molar-refractivity contribution is 6.69. The van der Waals surface area contributed by atoms with Gasteiger partial charge in [0.05, 0.1) is 0 Å².